The lowest BCUT2D eigenvalue weighted by molar-refractivity contribution is -0.125. The van der Waals surface area contributed by atoms with Crippen molar-refractivity contribution in [3.8, 4) is 5.75 Å². The van der Waals surface area contributed by atoms with E-state index in [1.165, 1.54) is 38.5 Å². The number of halogens is 1. The first kappa shape index (κ1) is 20.3. The highest BCUT2D eigenvalue weighted by Gasteiger charge is 2.36. The van der Waals surface area contributed by atoms with Crippen LogP contribution in [0.2, 0.25) is 5.02 Å². The number of hydrogen-bond donors (Lipinski definition) is 0. The molecule has 3 fully saturated rings. The summed E-state index contributed by atoms with van der Waals surface area (Å²) in [6.07, 6.45) is 12.9. The molecular weight excluding hydrogens is 358 g/mol. The Morgan fingerprint density at radius 3 is 2.48 bits per heavy atom. The van der Waals surface area contributed by atoms with Crippen molar-refractivity contribution in [1.82, 2.24) is 4.90 Å². The third kappa shape index (κ3) is 5.51. The summed E-state index contributed by atoms with van der Waals surface area (Å²) in [6, 6.07) is 5.79. The average molecular weight is 390 g/mol. The number of carbonyl (C=O) groups excluding carboxylic acids is 1. The summed E-state index contributed by atoms with van der Waals surface area (Å²) >= 11 is 6.46. The van der Waals surface area contributed by atoms with Gasteiger partial charge in [-0.1, -0.05) is 57.0 Å². The standard InChI is InChI=1S/C23H32ClNO2/c1-2-3-4-5-6-7-8-15-27-20-10-9-19(21(24)17-20)16-22-23(26)18-11-13-25(22)14-12-18/h9-10,16-18H,2-8,11-15H2,1H3/b22-16-. The van der Waals surface area contributed by atoms with E-state index in [4.69, 9.17) is 16.3 Å². The first-order valence-electron chi connectivity index (χ1n) is 10.6. The van der Waals surface area contributed by atoms with E-state index in [1.54, 1.807) is 0 Å². The highest BCUT2D eigenvalue weighted by molar-refractivity contribution is 6.32. The number of nitrogens with zero attached hydrogens (tertiary/aromatic N) is 1. The number of allylic oxidation sites excluding steroid dienone is 1. The maximum Gasteiger partial charge on any atom is 0.182 e. The lowest BCUT2D eigenvalue weighted by Crippen LogP contribution is -2.45. The molecule has 0 amide bonds. The van der Waals surface area contributed by atoms with E-state index < -0.39 is 0 Å². The molecule has 0 aromatic heterocycles. The quantitative estimate of drug-likeness (QED) is 0.357. The Morgan fingerprint density at radius 2 is 1.81 bits per heavy atom. The van der Waals surface area contributed by atoms with Crippen LogP contribution in [0.3, 0.4) is 0 Å². The lowest BCUT2D eigenvalue weighted by Gasteiger charge is -2.41. The number of hydrogen-bond acceptors (Lipinski definition) is 3. The first-order chi connectivity index (χ1) is 13.2. The molecule has 148 valence electrons. The van der Waals surface area contributed by atoms with Crippen molar-refractivity contribution in [2.75, 3.05) is 19.7 Å². The van der Waals surface area contributed by atoms with Gasteiger partial charge in [0, 0.05) is 19.0 Å². The molecule has 3 saturated heterocycles. The Hall–Kier alpha value is -1.48. The smallest absolute Gasteiger partial charge is 0.182 e. The van der Waals surface area contributed by atoms with E-state index >= 15 is 0 Å². The number of benzene rings is 1. The number of ketones is 1. The molecule has 1 aromatic carbocycles. The normalized spacial score (nSPS) is 18.5. The second-order valence-electron chi connectivity index (χ2n) is 7.81. The van der Waals surface area contributed by atoms with Gasteiger partial charge in [0.1, 0.15) is 5.75 Å². The molecule has 0 radical (unpaired) electrons. The minimum Gasteiger partial charge on any atom is -0.494 e. The van der Waals surface area contributed by atoms with Crippen LogP contribution in [-0.2, 0) is 4.79 Å². The van der Waals surface area contributed by atoms with Gasteiger partial charge in [-0.25, -0.2) is 0 Å². The van der Waals surface area contributed by atoms with E-state index in [1.807, 2.05) is 24.3 Å². The minimum atomic E-state index is 0.213. The summed E-state index contributed by atoms with van der Waals surface area (Å²) in [5.41, 5.74) is 1.73. The molecule has 3 heterocycles. The zero-order chi connectivity index (χ0) is 19.1. The van der Waals surface area contributed by atoms with Crippen LogP contribution in [0, 0.1) is 5.92 Å². The molecule has 0 saturated carbocycles. The molecule has 3 aliphatic rings. The maximum absolute atomic E-state index is 12.5. The second kappa shape index (κ2) is 10.2. The predicted molar refractivity (Wildman–Crippen MR) is 112 cm³/mol. The van der Waals surface area contributed by atoms with Crippen molar-refractivity contribution in [2.45, 2.75) is 64.7 Å². The van der Waals surface area contributed by atoms with Gasteiger partial charge < -0.3 is 9.64 Å². The van der Waals surface area contributed by atoms with Crippen LogP contribution in [0.25, 0.3) is 6.08 Å². The van der Waals surface area contributed by atoms with Gasteiger partial charge in [0.05, 0.1) is 17.3 Å². The molecule has 27 heavy (non-hydrogen) atoms. The van der Waals surface area contributed by atoms with E-state index in [0.29, 0.717) is 5.02 Å². The molecule has 4 heteroatoms. The summed E-state index contributed by atoms with van der Waals surface area (Å²) in [7, 11) is 0. The predicted octanol–water partition coefficient (Wildman–Crippen LogP) is 6.11. The number of piperidine rings is 3. The average Bonchev–Trinajstić information content (AvgIpc) is 2.68. The van der Waals surface area contributed by atoms with Crippen molar-refractivity contribution >= 4 is 23.5 Å². The van der Waals surface area contributed by atoms with Gasteiger partial charge >= 0.3 is 0 Å². The molecule has 0 aliphatic carbocycles. The number of ether oxygens (including phenoxy) is 1. The van der Waals surface area contributed by atoms with Crippen molar-refractivity contribution in [3.05, 3.63) is 34.5 Å². The second-order valence-corrected chi connectivity index (χ2v) is 8.22. The van der Waals surface area contributed by atoms with Crippen LogP contribution in [0.4, 0.5) is 0 Å². The summed E-state index contributed by atoms with van der Waals surface area (Å²) in [6.45, 7) is 4.95. The zero-order valence-corrected chi connectivity index (χ0v) is 17.3. The van der Waals surface area contributed by atoms with E-state index in [9.17, 15) is 4.79 Å². The van der Waals surface area contributed by atoms with Crippen molar-refractivity contribution in [3.63, 3.8) is 0 Å². The maximum atomic E-state index is 12.5. The Kier molecular flexibility index (Phi) is 7.63. The Labute approximate surface area is 168 Å². The molecule has 0 unspecified atom stereocenters. The van der Waals surface area contributed by atoms with Gasteiger partial charge in [0.25, 0.3) is 0 Å². The van der Waals surface area contributed by atoms with Gasteiger partial charge in [0.2, 0.25) is 0 Å². The first-order valence-corrected chi connectivity index (χ1v) is 11.0. The van der Waals surface area contributed by atoms with E-state index in [0.717, 1.165) is 56.0 Å². The summed E-state index contributed by atoms with van der Waals surface area (Å²) in [5, 5.41) is 0.648. The molecular formula is C23H32ClNO2. The van der Waals surface area contributed by atoms with Crippen molar-refractivity contribution in [1.29, 1.82) is 0 Å². The third-order valence-electron chi connectivity index (χ3n) is 5.74. The number of Topliss-reactive ketones (excluding diaryl/α,β-unsaturated/α-hetero) is 1. The van der Waals surface area contributed by atoms with Gasteiger partial charge in [-0.15, -0.1) is 0 Å². The van der Waals surface area contributed by atoms with E-state index in [2.05, 4.69) is 11.8 Å². The highest BCUT2D eigenvalue weighted by atomic mass is 35.5. The third-order valence-corrected chi connectivity index (χ3v) is 6.07. The number of fused-ring (bicyclic) bond motifs is 3. The van der Waals surface area contributed by atoms with Crippen LogP contribution in [-0.4, -0.2) is 30.4 Å². The van der Waals surface area contributed by atoms with Crippen LogP contribution in [0.15, 0.2) is 23.9 Å². The van der Waals surface area contributed by atoms with Gasteiger partial charge in [-0.2, -0.15) is 0 Å². The number of carbonyl (C=O) groups is 1. The monoisotopic (exact) mass is 389 g/mol. The number of rotatable bonds is 10. The fourth-order valence-corrected chi connectivity index (χ4v) is 4.25. The van der Waals surface area contributed by atoms with Crippen LogP contribution in [0.5, 0.6) is 5.75 Å². The minimum absolute atomic E-state index is 0.213. The molecule has 2 bridgehead atoms. The van der Waals surface area contributed by atoms with Crippen LogP contribution < -0.4 is 4.74 Å². The van der Waals surface area contributed by atoms with Crippen molar-refractivity contribution < 1.29 is 9.53 Å². The molecule has 4 rings (SSSR count). The van der Waals surface area contributed by atoms with Gasteiger partial charge in [-0.05, 0) is 49.1 Å². The lowest BCUT2D eigenvalue weighted by atomic mass is 9.84. The Balaban J connectivity index is 1.48. The highest BCUT2D eigenvalue weighted by Crippen LogP contribution is 2.34. The molecule has 1 aromatic rings. The largest absolute Gasteiger partial charge is 0.494 e. The van der Waals surface area contributed by atoms with Gasteiger partial charge in [0.15, 0.2) is 5.78 Å². The zero-order valence-electron chi connectivity index (χ0n) is 16.5. The van der Waals surface area contributed by atoms with Crippen LogP contribution in [0.1, 0.15) is 70.3 Å². The SMILES string of the molecule is CCCCCCCCCOc1ccc(/C=C2/C(=O)C3CCN2CC3)c(Cl)c1. The molecule has 0 atom stereocenters. The fourth-order valence-electron chi connectivity index (χ4n) is 4.02. The molecule has 0 spiro atoms. The van der Waals surface area contributed by atoms with Crippen molar-refractivity contribution in [2.24, 2.45) is 5.92 Å². The molecule has 3 aliphatic heterocycles. The fraction of sp³-hybridized carbons (Fsp3) is 0.609. The number of unbranched alkanes of at least 4 members (excludes halogenated alkanes) is 6. The topological polar surface area (TPSA) is 29.5 Å². The summed E-state index contributed by atoms with van der Waals surface area (Å²) < 4.78 is 5.85. The summed E-state index contributed by atoms with van der Waals surface area (Å²) in [5.74, 6) is 1.30. The molecule has 0 N–H and O–H groups in total. The van der Waals surface area contributed by atoms with Crippen LogP contribution >= 0.6 is 11.6 Å². The molecule has 3 nitrogen and oxygen atoms in total. The van der Waals surface area contributed by atoms with Gasteiger partial charge in [-0.3, -0.25) is 4.79 Å². The van der Waals surface area contributed by atoms with E-state index in [-0.39, 0.29) is 11.7 Å². The summed E-state index contributed by atoms with van der Waals surface area (Å²) in [4.78, 5) is 14.7. The Bertz CT molecular complexity index is 662. The Morgan fingerprint density at radius 1 is 1.11 bits per heavy atom.